The highest BCUT2D eigenvalue weighted by atomic mass is 35.5. The zero-order valence-corrected chi connectivity index (χ0v) is 20.0. The Hall–Kier alpha value is -1.88. The summed E-state index contributed by atoms with van der Waals surface area (Å²) in [6, 6.07) is 14.8. The van der Waals surface area contributed by atoms with Crippen molar-refractivity contribution in [3.8, 4) is 5.75 Å². The first-order valence-corrected chi connectivity index (χ1v) is 10.9. The predicted octanol–water partition coefficient (Wildman–Crippen LogP) is 5.72. The second kappa shape index (κ2) is 10.2. The van der Waals surface area contributed by atoms with E-state index in [1.807, 2.05) is 0 Å². The number of allylic oxidation sites excluding steroid dienone is 1. The van der Waals surface area contributed by atoms with Crippen LogP contribution in [0.5, 0.6) is 5.75 Å². The maximum atomic E-state index is 6.16. The van der Waals surface area contributed by atoms with E-state index in [9.17, 15) is 0 Å². The number of ether oxygens (including phenoxy) is 1. The van der Waals surface area contributed by atoms with E-state index in [4.69, 9.17) is 4.74 Å². The van der Waals surface area contributed by atoms with Crippen LogP contribution in [0.15, 0.2) is 54.2 Å². The third-order valence-electron chi connectivity index (χ3n) is 6.76. The lowest BCUT2D eigenvalue weighted by atomic mass is 9.75. The van der Waals surface area contributed by atoms with Crippen molar-refractivity contribution in [2.45, 2.75) is 19.3 Å². The van der Waals surface area contributed by atoms with Gasteiger partial charge in [-0.1, -0.05) is 18.2 Å². The van der Waals surface area contributed by atoms with Gasteiger partial charge < -0.3 is 19.5 Å². The number of nitrogens with zero attached hydrogens (tertiary/aromatic N) is 2. The summed E-state index contributed by atoms with van der Waals surface area (Å²) >= 11 is 0. The lowest BCUT2D eigenvalue weighted by Crippen LogP contribution is -2.46. The number of fused-ring (bicyclic) bond motifs is 6. The Balaban J connectivity index is 0.00000136. The Labute approximate surface area is 197 Å². The number of hydrogen-bond acceptors (Lipinski definition) is 3. The number of benzene rings is 2. The average Bonchev–Trinajstić information content (AvgIpc) is 3.11. The Kier molecular flexibility index (Phi) is 7.79. The average molecular weight is 462 g/mol. The highest BCUT2D eigenvalue weighted by Gasteiger charge is 2.37. The van der Waals surface area contributed by atoms with Crippen LogP contribution in [-0.2, 0) is 0 Å². The summed E-state index contributed by atoms with van der Waals surface area (Å²) in [5, 5.41) is 2.52. The summed E-state index contributed by atoms with van der Waals surface area (Å²) in [4.78, 5) is 8.41. The van der Waals surface area contributed by atoms with E-state index in [0.29, 0.717) is 12.5 Å². The topological polar surface area (TPSA) is 31.5 Å². The van der Waals surface area contributed by atoms with Crippen LogP contribution in [0.1, 0.15) is 19.3 Å². The van der Waals surface area contributed by atoms with Gasteiger partial charge in [0.15, 0.2) is 0 Å². The maximum absolute atomic E-state index is 6.16. The second-order valence-electron chi connectivity index (χ2n) is 8.84. The van der Waals surface area contributed by atoms with Gasteiger partial charge in [0, 0.05) is 47.1 Å². The van der Waals surface area contributed by atoms with Crippen LogP contribution in [0.2, 0.25) is 0 Å². The number of para-hydroxylation sites is 1. The molecule has 4 heterocycles. The molecule has 0 aliphatic carbocycles. The molecule has 3 fully saturated rings. The lowest BCUT2D eigenvalue weighted by molar-refractivity contribution is 0.0917. The fourth-order valence-electron chi connectivity index (χ4n) is 5.24. The zero-order valence-electron chi connectivity index (χ0n) is 18.3. The van der Waals surface area contributed by atoms with E-state index in [-0.39, 0.29) is 24.8 Å². The quantitative estimate of drug-likeness (QED) is 0.508. The van der Waals surface area contributed by atoms with Gasteiger partial charge in [0.1, 0.15) is 12.4 Å². The van der Waals surface area contributed by atoms with Crippen molar-refractivity contribution in [3.05, 3.63) is 54.2 Å². The molecule has 168 valence electrons. The third-order valence-corrected chi connectivity index (χ3v) is 6.76. The molecule has 1 unspecified atom stereocenters. The molecular weight excluding hydrogens is 429 g/mol. The lowest BCUT2D eigenvalue weighted by Gasteiger charge is -2.48. The van der Waals surface area contributed by atoms with Gasteiger partial charge in [-0.3, -0.25) is 0 Å². The molecule has 1 N–H and O–H groups in total. The molecule has 0 radical (unpaired) electrons. The molecule has 31 heavy (non-hydrogen) atoms. The van der Waals surface area contributed by atoms with Crippen molar-refractivity contribution in [3.63, 3.8) is 0 Å². The fourth-order valence-corrected chi connectivity index (χ4v) is 5.24. The molecule has 6 rings (SSSR count). The molecular formula is C25H33Cl2N3O. The number of aromatic nitrogens is 1. The fraction of sp³-hybridized carbons (Fsp3) is 0.440. The SMILES string of the molecule is CN(C)CCC1C(=CCOc2ccc3c(c2)[nH]c2ccccc23)N2CCC1CC2.Cl.Cl. The molecule has 2 bridgehead atoms. The molecule has 4 nitrogen and oxygen atoms in total. The number of piperidine rings is 3. The largest absolute Gasteiger partial charge is 0.489 e. The summed E-state index contributed by atoms with van der Waals surface area (Å²) in [5.41, 5.74) is 3.85. The summed E-state index contributed by atoms with van der Waals surface area (Å²) in [5.74, 6) is 2.48. The predicted molar refractivity (Wildman–Crippen MR) is 135 cm³/mol. The minimum Gasteiger partial charge on any atom is -0.489 e. The number of nitrogens with one attached hydrogen (secondary N) is 1. The van der Waals surface area contributed by atoms with Gasteiger partial charge in [-0.25, -0.2) is 0 Å². The van der Waals surface area contributed by atoms with Crippen molar-refractivity contribution in [1.82, 2.24) is 14.8 Å². The second-order valence-corrected chi connectivity index (χ2v) is 8.84. The molecule has 0 saturated carbocycles. The molecule has 2 aromatic carbocycles. The number of aromatic amines is 1. The summed E-state index contributed by atoms with van der Waals surface area (Å²) in [6.07, 6.45) is 6.31. The Bertz CT molecular complexity index is 1040. The first-order chi connectivity index (χ1) is 14.2. The molecule has 3 saturated heterocycles. The molecule has 1 atom stereocenters. The van der Waals surface area contributed by atoms with Crippen LogP contribution < -0.4 is 4.74 Å². The van der Waals surface area contributed by atoms with Gasteiger partial charge >= 0.3 is 0 Å². The normalized spacial score (nSPS) is 21.5. The Morgan fingerprint density at radius 3 is 2.55 bits per heavy atom. The Morgan fingerprint density at radius 1 is 1.03 bits per heavy atom. The number of halogens is 2. The Morgan fingerprint density at radius 2 is 1.77 bits per heavy atom. The number of rotatable bonds is 6. The highest BCUT2D eigenvalue weighted by Crippen LogP contribution is 2.41. The summed E-state index contributed by atoms with van der Waals surface area (Å²) in [6.45, 7) is 4.24. The molecule has 3 aliphatic rings. The third kappa shape index (κ3) is 4.82. The molecule has 6 heteroatoms. The van der Waals surface area contributed by atoms with E-state index in [1.165, 1.54) is 54.3 Å². The first kappa shape index (κ1) is 23.8. The van der Waals surface area contributed by atoms with Gasteiger partial charge in [-0.05, 0) is 70.1 Å². The molecule has 0 spiro atoms. The van der Waals surface area contributed by atoms with E-state index in [1.54, 1.807) is 0 Å². The van der Waals surface area contributed by atoms with Crippen LogP contribution >= 0.6 is 24.8 Å². The number of H-pyrrole nitrogens is 1. The van der Waals surface area contributed by atoms with E-state index < -0.39 is 0 Å². The number of hydrogen-bond donors (Lipinski definition) is 1. The molecule has 3 aliphatic heterocycles. The van der Waals surface area contributed by atoms with E-state index >= 15 is 0 Å². The smallest absolute Gasteiger partial charge is 0.121 e. The van der Waals surface area contributed by atoms with Crippen LogP contribution in [0.3, 0.4) is 0 Å². The summed E-state index contributed by atoms with van der Waals surface area (Å²) in [7, 11) is 4.35. The standard InChI is InChI=1S/C25H31N3O.2ClH/c1-27(2)13-11-20-18-9-14-28(15-10-18)25(20)12-16-29-19-7-8-22-21-5-3-4-6-23(21)26-24(22)17-19;;/h3-8,12,17-18,20,26H,9-11,13-16H2,1-2H3;2*1H. The minimum absolute atomic E-state index is 0. The van der Waals surface area contributed by atoms with Gasteiger partial charge in [-0.2, -0.15) is 0 Å². The highest BCUT2D eigenvalue weighted by molar-refractivity contribution is 6.07. The van der Waals surface area contributed by atoms with E-state index in [0.717, 1.165) is 23.7 Å². The van der Waals surface area contributed by atoms with Crippen molar-refractivity contribution in [2.24, 2.45) is 11.8 Å². The molecule has 0 amide bonds. The molecule has 3 aromatic rings. The zero-order chi connectivity index (χ0) is 19.8. The van der Waals surface area contributed by atoms with Crippen molar-refractivity contribution < 1.29 is 4.74 Å². The molecule has 1 aromatic heterocycles. The maximum Gasteiger partial charge on any atom is 0.121 e. The van der Waals surface area contributed by atoms with Crippen LogP contribution in [0.4, 0.5) is 0 Å². The van der Waals surface area contributed by atoms with Crippen molar-refractivity contribution in [2.75, 3.05) is 40.3 Å². The van der Waals surface area contributed by atoms with Crippen LogP contribution in [-0.4, -0.2) is 55.1 Å². The van der Waals surface area contributed by atoms with Crippen LogP contribution in [0, 0.1) is 11.8 Å². The summed E-state index contributed by atoms with van der Waals surface area (Å²) < 4.78 is 6.16. The van der Waals surface area contributed by atoms with Crippen molar-refractivity contribution >= 4 is 46.6 Å². The van der Waals surface area contributed by atoms with Gasteiger partial charge in [0.25, 0.3) is 0 Å². The van der Waals surface area contributed by atoms with Crippen LogP contribution in [0.25, 0.3) is 21.8 Å². The minimum atomic E-state index is 0. The monoisotopic (exact) mass is 461 g/mol. The van der Waals surface area contributed by atoms with Gasteiger partial charge in [0.05, 0.1) is 5.52 Å². The van der Waals surface area contributed by atoms with Gasteiger partial charge in [0.2, 0.25) is 0 Å². The van der Waals surface area contributed by atoms with E-state index in [2.05, 4.69) is 77.4 Å². The van der Waals surface area contributed by atoms with Gasteiger partial charge in [-0.15, -0.1) is 24.8 Å². The first-order valence-electron chi connectivity index (χ1n) is 10.9. The van der Waals surface area contributed by atoms with Crippen molar-refractivity contribution in [1.29, 1.82) is 0 Å².